The van der Waals surface area contributed by atoms with Crippen LogP contribution in [0.1, 0.15) is 0 Å². The van der Waals surface area contributed by atoms with Gasteiger partial charge in [-0.25, -0.2) is 4.98 Å². The van der Waals surface area contributed by atoms with Crippen molar-refractivity contribution < 1.29 is 9.52 Å². The van der Waals surface area contributed by atoms with E-state index < -0.39 is 0 Å². The molecule has 0 atom stereocenters. The summed E-state index contributed by atoms with van der Waals surface area (Å²) in [5, 5.41) is 9.38. The fourth-order valence-electron chi connectivity index (χ4n) is 1.66. The maximum Gasteiger partial charge on any atom is 0.228 e. The molecule has 0 radical (unpaired) electrons. The molecule has 0 aliphatic carbocycles. The number of aromatic nitrogens is 1. The van der Waals surface area contributed by atoms with Crippen LogP contribution in [-0.2, 0) is 0 Å². The monoisotopic (exact) mass is 337 g/mol. The summed E-state index contributed by atoms with van der Waals surface area (Å²) < 4.78 is 6.72. The predicted octanol–water partition coefficient (Wildman–Crippen LogP) is 3.81. The van der Waals surface area contributed by atoms with Crippen LogP contribution in [0.15, 0.2) is 46.9 Å². The Morgan fingerprint density at radius 1 is 1.12 bits per heavy atom. The lowest BCUT2D eigenvalue weighted by atomic mass is 10.2. The van der Waals surface area contributed by atoms with Crippen LogP contribution in [0.2, 0.25) is 0 Å². The molecule has 0 aliphatic rings. The van der Waals surface area contributed by atoms with E-state index >= 15 is 0 Å². The van der Waals surface area contributed by atoms with Gasteiger partial charge < -0.3 is 9.52 Å². The summed E-state index contributed by atoms with van der Waals surface area (Å²) in [4.78, 5) is 4.40. The maximum absolute atomic E-state index is 9.38. The number of benzene rings is 2. The predicted molar refractivity (Wildman–Crippen MR) is 73.8 cm³/mol. The van der Waals surface area contributed by atoms with E-state index in [9.17, 15) is 5.11 Å². The van der Waals surface area contributed by atoms with Crippen LogP contribution in [0.3, 0.4) is 0 Å². The number of oxazole rings is 1. The summed E-state index contributed by atoms with van der Waals surface area (Å²) in [6, 6.07) is 12.8. The first-order valence-corrected chi connectivity index (χ1v) is 6.16. The molecule has 0 bridgehead atoms. The van der Waals surface area contributed by atoms with Crippen LogP contribution in [-0.4, -0.2) is 10.1 Å². The number of nitrogens with zero attached hydrogens (tertiary/aromatic N) is 1. The fourth-order valence-corrected chi connectivity index (χ4v) is 2.28. The lowest BCUT2D eigenvalue weighted by Crippen LogP contribution is -1.80. The third-order valence-electron chi connectivity index (χ3n) is 2.48. The Morgan fingerprint density at radius 2 is 1.94 bits per heavy atom. The second-order valence-electron chi connectivity index (χ2n) is 3.65. The molecule has 0 unspecified atom stereocenters. The normalized spacial score (nSPS) is 10.9. The molecule has 4 heteroatoms. The minimum absolute atomic E-state index is 0.183. The molecule has 1 N–H and O–H groups in total. The molecule has 0 aliphatic heterocycles. The SMILES string of the molecule is Oc1ccc2nc(-c3ccccc3I)oc2c1. The van der Waals surface area contributed by atoms with Crippen molar-refractivity contribution in [3.05, 3.63) is 46.0 Å². The first kappa shape index (κ1) is 10.6. The first-order chi connectivity index (χ1) is 8.24. The summed E-state index contributed by atoms with van der Waals surface area (Å²) in [6.45, 7) is 0. The number of hydrogen-bond acceptors (Lipinski definition) is 3. The number of halogens is 1. The Balaban J connectivity index is 2.22. The third-order valence-corrected chi connectivity index (χ3v) is 3.42. The van der Waals surface area contributed by atoms with Gasteiger partial charge in [-0.05, 0) is 46.9 Å². The van der Waals surface area contributed by atoms with Gasteiger partial charge in [0, 0.05) is 9.64 Å². The average molecular weight is 337 g/mol. The van der Waals surface area contributed by atoms with Crippen molar-refractivity contribution in [2.45, 2.75) is 0 Å². The number of rotatable bonds is 1. The highest BCUT2D eigenvalue weighted by atomic mass is 127. The van der Waals surface area contributed by atoms with Gasteiger partial charge in [0.2, 0.25) is 5.89 Å². The molecule has 0 spiro atoms. The zero-order valence-electron chi connectivity index (χ0n) is 8.72. The van der Waals surface area contributed by atoms with Crippen LogP contribution in [0.5, 0.6) is 5.75 Å². The van der Waals surface area contributed by atoms with Crippen molar-refractivity contribution in [3.8, 4) is 17.2 Å². The van der Waals surface area contributed by atoms with Crippen LogP contribution < -0.4 is 0 Å². The number of phenolic OH excluding ortho intramolecular Hbond substituents is 1. The molecule has 3 nitrogen and oxygen atoms in total. The summed E-state index contributed by atoms with van der Waals surface area (Å²) in [5.41, 5.74) is 2.31. The molecule has 3 aromatic rings. The van der Waals surface area contributed by atoms with Gasteiger partial charge in [0.15, 0.2) is 5.58 Å². The van der Waals surface area contributed by atoms with Gasteiger partial charge in [0.05, 0.1) is 5.56 Å². The van der Waals surface area contributed by atoms with Crippen molar-refractivity contribution in [2.75, 3.05) is 0 Å². The first-order valence-electron chi connectivity index (χ1n) is 5.08. The van der Waals surface area contributed by atoms with Gasteiger partial charge in [-0.2, -0.15) is 0 Å². The van der Waals surface area contributed by atoms with Crippen molar-refractivity contribution in [1.29, 1.82) is 0 Å². The zero-order valence-corrected chi connectivity index (χ0v) is 10.9. The van der Waals surface area contributed by atoms with Gasteiger partial charge in [-0.1, -0.05) is 12.1 Å². The lowest BCUT2D eigenvalue weighted by Gasteiger charge is -1.97. The van der Waals surface area contributed by atoms with Crippen molar-refractivity contribution in [1.82, 2.24) is 4.98 Å². The largest absolute Gasteiger partial charge is 0.508 e. The van der Waals surface area contributed by atoms with E-state index in [1.54, 1.807) is 18.2 Å². The van der Waals surface area contributed by atoms with Crippen LogP contribution in [0, 0.1) is 3.57 Å². The average Bonchev–Trinajstić information content (AvgIpc) is 2.72. The van der Waals surface area contributed by atoms with E-state index in [2.05, 4.69) is 27.6 Å². The molecule has 1 aromatic heterocycles. The topological polar surface area (TPSA) is 46.3 Å². The van der Waals surface area contributed by atoms with Crippen LogP contribution >= 0.6 is 22.6 Å². The second kappa shape index (κ2) is 4.03. The van der Waals surface area contributed by atoms with Crippen LogP contribution in [0.4, 0.5) is 0 Å². The molecule has 17 heavy (non-hydrogen) atoms. The summed E-state index contributed by atoms with van der Waals surface area (Å²) in [6.07, 6.45) is 0. The highest BCUT2D eigenvalue weighted by Crippen LogP contribution is 2.29. The maximum atomic E-state index is 9.38. The number of aromatic hydroxyl groups is 1. The molecule has 2 aromatic carbocycles. The summed E-state index contributed by atoms with van der Waals surface area (Å²) >= 11 is 2.25. The van der Waals surface area contributed by atoms with E-state index in [1.807, 2.05) is 24.3 Å². The molecule has 3 rings (SSSR count). The highest BCUT2D eigenvalue weighted by Gasteiger charge is 2.10. The van der Waals surface area contributed by atoms with E-state index in [4.69, 9.17) is 4.42 Å². The standard InChI is InChI=1S/C13H8INO2/c14-10-4-2-1-3-9(10)13-15-11-6-5-8(16)7-12(11)17-13/h1-7,16H. The minimum atomic E-state index is 0.183. The Kier molecular flexibility index (Phi) is 2.51. The van der Waals surface area contributed by atoms with Crippen LogP contribution in [0.25, 0.3) is 22.6 Å². The van der Waals surface area contributed by atoms with E-state index in [-0.39, 0.29) is 5.75 Å². The molecule has 0 fully saturated rings. The Hall–Kier alpha value is -1.56. The van der Waals surface area contributed by atoms with Gasteiger partial charge in [0.1, 0.15) is 11.3 Å². The highest BCUT2D eigenvalue weighted by molar-refractivity contribution is 14.1. The molecular weight excluding hydrogens is 329 g/mol. The van der Waals surface area contributed by atoms with E-state index in [0.29, 0.717) is 11.5 Å². The molecule has 0 amide bonds. The number of phenols is 1. The van der Waals surface area contributed by atoms with Gasteiger partial charge in [-0.3, -0.25) is 0 Å². The van der Waals surface area contributed by atoms with Crippen molar-refractivity contribution in [3.63, 3.8) is 0 Å². The van der Waals surface area contributed by atoms with Crippen molar-refractivity contribution in [2.24, 2.45) is 0 Å². The molecule has 1 heterocycles. The third kappa shape index (κ3) is 1.88. The van der Waals surface area contributed by atoms with E-state index in [0.717, 1.165) is 14.7 Å². The molecule has 0 saturated carbocycles. The molecular formula is C13H8INO2. The lowest BCUT2D eigenvalue weighted by molar-refractivity contribution is 0.474. The zero-order chi connectivity index (χ0) is 11.8. The van der Waals surface area contributed by atoms with Gasteiger partial charge in [0.25, 0.3) is 0 Å². The quantitative estimate of drug-likeness (QED) is 0.687. The molecule has 0 saturated heterocycles. The summed E-state index contributed by atoms with van der Waals surface area (Å²) in [5.74, 6) is 0.763. The Labute approximate surface area is 111 Å². The number of fused-ring (bicyclic) bond motifs is 1. The Morgan fingerprint density at radius 3 is 2.76 bits per heavy atom. The smallest absolute Gasteiger partial charge is 0.228 e. The van der Waals surface area contributed by atoms with Crippen molar-refractivity contribution >= 4 is 33.7 Å². The molecule has 84 valence electrons. The van der Waals surface area contributed by atoms with Gasteiger partial charge in [-0.15, -0.1) is 0 Å². The second-order valence-corrected chi connectivity index (χ2v) is 4.81. The number of hydrogen-bond donors (Lipinski definition) is 1. The van der Waals surface area contributed by atoms with E-state index in [1.165, 1.54) is 0 Å². The fraction of sp³-hybridized carbons (Fsp3) is 0. The van der Waals surface area contributed by atoms with Gasteiger partial charge >= 0.3 is 0 Å². The Bertz CT molecular complexity index is 691. The minimum Gasteiger partial charge on any atom is -0.508 e. The summed E-state index contributed by atoms with van der Waals surface area (Å²) in [7, 11) is 0.